The first-order chi connectivity index (χ1) is 6.63. The van der Waals surface area contributed by atoms with Crippen LogP contribution >= 0.6 is 0 Å². The van der Waals surface area contributed by atoms with Gasteiger partial charge >= 0.3 is 0 Å². The fourth-order valence-corrected chi connectivity index (χ4v) is 2.02. The topological polar surface area (TPSA) is 49.7 Å². The minimum Gasteiger partial charge on any atom is -0.508 e. The molecule has 72 valence electrons. The minimum absolute atomic E-state index is 0.267. The van der Waals surface area contributed by atoms with Crippen molar-refractivity contribution in [1.29, 1.82) is 0 Å². The van der Waals surface area contributed by atoms with E-state index in [0.717, 1.165) is 17.5 Å². The Kier molecular flexibility index (Phi) is 1.90. The maximum Gasteiger partial charge on any atom is 0.235 e. The first-order valence-electron chi connectivity index (χ1n) is 4.53. The van der Waals surface area contributed by atoms with E-state index in [1.807, 2.05) is 13.0 Å². The quantitative estimate of drug-likeness (QED) is 0.538. The summed E-state index contributed by atoms with van der Waals surface area (Å²) in [6, 6.07) is 5.28. The molecule has 14 heavy (non-hydrogen) atoms. The van der Waals surface area contributed by atoms with Gasteiger partial charge in [-0.05, 0) is 43.0 Å². The van der Waals surface area contributed by atoms with Gasteiger partial charge in [-0.1, -0.05) is 6.07 Å². The van der Waals surface area contributed by atoms with Crippen LogP contribution in [0, 0.1) is 0 Å². The number of hydrogen-bond acceptors (Lipinski definition) is 3. The molecule has 0 aromatic heterocycles. The highest BCUT2D eigenvalue weighted by Crippen LogP contribution is 2.34. The van der Waals surface area contributed by atoms with Gasteiger partial charge in [0.25, 0.3) is 0 Å². The summed E-state index contributed by atoms with van der Waals surface area (Å²) >= 11 is 0. The van der Waals surface area contributed by atoms with Gasteiger partial charge in [-0.15, -0.1) is 0 Å². The van der Waals surface area contributed by atoms with E-state index in [2.05, 4.69) is 4.99 Å². The lowest BCUT2D eigenvalue weighted by Gasteiger charge is -2.13. The zero-order chi connectivity index (χ0) is 10.2. The molecule has 0 radical (unpaired) electrons. The second-order valence-electron chi connectivity index (χ2n) is 4.01. The first kappa shape index (κ1) is 8.97. The van der Waals surface area contributed by atoms with Crippen LogP contribution in [0.4, 0.5) is 0 Å². The predicted octanol–water partition coefficient (Wildman–Crippen LogP) is 1.59. The molecule has 3 heteroatoms. The van der Waals surface area contributed by atoms with E-state index in [0.29, 0.717) is 6.42 Å². The number of aromatic hydroxyl groups is 1. The van der Waals surface area contributed by atoms with Crippen molar-refractivity contribution >= 4 is 6.08 Å². The van der Waals surface area contributed by atoms with Gasteiger partial charge in [0.2, 0.25) is 6.08 Å². The van der Waals surface area contributed by atoms with Gasteiger partial charge < -0.3 is 5.11 Å². The van der Waals surface area contributed by atoms with Crippen molar-refractivity contribution in [3.05, 3.63) is 29.3 Å². The number of nitrogens with zero attached hydrogens (tertiary/aromatic N) is 1. The Labute approximate surface area is 82.1 Å². The van der Waals surface area contributed by atoms with Gasteiger partial charge in [-0.25, -0.2) is 4.79 Å². The summed E-state index contributed by atoms with van der Waals surface area (Å²) in [5, 5.41) is 9.29. The molecule has 3 nitrogen and oxygen atoms in total. The fraction of sp³-hybridized carbons (Fsp3) is 0.364. The van der Waals surface area contributed by atoms with Gasteiger partial charge in [-0.2, -0.15) is 4.99 Å². The van der Waals surface area contributed by atoms with Crippen molar-refractivity contribution < 1.29 is 9.90 Å². The summed E-state index contributed by atoms with van der Waals surface area (Å²) in [5.41, 5.74) is 1.87. The summed E-state index contributed by atoms with van der Waals surface area (Å²) in [5.74, 6) is 0.267. The molecule has 0 bridgehead atoms. The Bertz CT molecular complexity index is 421. The van der Waals surface area contributed by atoms with E-state index in [4.69, 9.17) is 0 Å². The van der Waals surface area contributed by atoms with Crippen LogP contribution in [-0.2, 0) is 17.6 Å². The van der Waals surface area contributed by atoms with E-state index in [-0.39, 0.29) is 11.3 Å². The monoisotopic (exact) mass is 189 g/mol. The molecule has 1 unspecified atom stereocenters. The molecule has 0 spiro atoms. The van der Waals surface area contributed by atoms with Crippen molar-refractivity contribution in [1.82, 2.24) is 0 Å². The molecule has 0 amide bonds. The largest absolute Gasteiger partial charge is 0.508 e. The van der Waals surface area contributed by atoms with Crippen molar-refractivity contribution in [2.75, 3.05) is 0 Å². The van der Waals surface area contributed by atoms with Crippen molar-refractivity contribution in [2.24, 2.45) is 4.99 Å². The lowest BCUT2D eigenvalue weighted by Crippen LogP contribution is -2.21. The number of rotatable bonds is 1. The van der Waals surface area contributed by atoms with Crippen LogP contribution in [0.2, 0.25) is 0 Å². The lowest BCUT2D eigenvalue weighted by molar-refractivity contribution is 0.473. The van der Waals surface area contributed by atoms with Crippen LogP contribution < -0.4 is 0 Å². The average molecular weight is 189 g/mol. The Morgan fingerprint density at radius 1 is 1.43 bits per heavy atom. The third kappa shape index (κ3) is 1.42. The number of benzene rings is 1. The zero-order valence-electron chi connectivity index (χ0n) is 7.95. The molecule has 1 atom stereocenters. The zero-order valence-corrected chi connectivity index (χ0v) is 7.95. The maximum absolute atomic E-state index is 10.2. The number of phenols is 1. The Morgan fingerprint density at radius 2 is 2.14 bits per heavy atom. The second kappa shape index (κ2) is 2.96. The second-order valence-corrected chi connectivity index (χ2v) is 4.01. The molecule has 0 heterocycles. The van der Waals surface area contributed by atoms with Crippen molar-refractivity contribution in [2.45, 2.75) is 25.3 Å². The van der Waals surface area contributed by atoms with Crippen LogP contribution in [-0.4, -0.2) is 16.7 Å². The molecule has 2 rings (SSSR count). The molecular formula is C11H11NO2. The van der Waals surface area contributed by atoms with E-state index >= 15 is 0 Å². The molecule has 0 saturated carbocycles. The minimum atomic E-state index is -0.363. The van der Waals surface area contributed by atoms with Gasteiger partial charge in [0, 0.05) is 0 Å². The molecule has 1 N–H and O–H groups in total. The third-order valence-electron chi connectivity index (χ3n) is 2.65. The molecule has 1 aliphatic rings. The highest BCUT2D eigenvalue weighted by Gasteiger charge is 2.32. The standard InChI is InChI=1S/C11H11NO2/c1-11(12-7-13)5-8-2-3-10(14)4-9(8)6-11/h2-4,14H,5-6H2,1H3. The van der Waals surface area contributed by atoms with Gasteiger partial charge in [-0.3, -0.25) is 0 Å². The number of carbonyl (C=O) groups excluding carboxylic acids is 1. The molecule has 0 fully saturated rings. The Hall–Kier alpha value is -1.60. The highest BCUT2D eigenvalue weighted by atomic mass is 16.3. The summed E-state index contributed by atoms with van der Waals surface area (Å²) in [7, 11) is 0. The Morgan fingerprint density at radius 3 is 2.86 bits per heavy atom. The van der Waals surface area contributed by atoms with Crippen LogP contribution in [0.1, 0.15) is 18.1 Å². The molecule has 0 saturated heterocycles. The van der Waals surface area contributed by atoms with Gasteiger partial charge in [0.05, 0.1) is 5.54 Å². The van der Waals surface area contributed by atoms with Gasteiger partial charge in [0.15, 0.2) is 0 Å². The summed E-state index contributed by atoms with van der Waals surface area (Å²) < 4.78 is 0. The number of aliphatic imine (C=N–C) groups is 1. The molecule has 1 aromatic rings. The van der Waals surface area contributed by atoms with Crippen LogP contribution in [0.25, 0.3) is 0 Å². The Balaban J connectivity index is 2.38. The SMILES string of the molecule is CC1(N=C=O)Cc2ccc(O)cc2C1. The molecular weight excluding hydrogens is 178 g/mol. The molecule has 0 aliphatic heterocycles. The average Bonchev–Trinajstić information content (AvgIpc) is 2.40. The lowest BCUT2D eigenvalue weighted by atomic mass is 10.0. The summed E-state index contributed by atoms with van der Waals surface area (Å²) in [6.45, 7) is 1.93. The highest BCUT2D eigenvalue weighted by molar-refractivity contribution is 5.43. The molecule has 1 aromatic carbocycles. The number of fused-ring (bicyclic) bond motifs is 1. The summed E-state index contributed by atoms with van der Waals surface area (Å²) in [4.78, 5) is 14.1. The van der Waals surface area contributed by atoms with Crippen LogP contribution in [0.15, 0.2) is 23.2 Å². The first-order valence-corrected chi connectivity index (χ1v) is 4.53. The number of isocyanates is 1. The number of phenolic OH excluding ortho intramolecular Hbond substituents is 1. The summed E-state index contributed by atoms with van der Waals surface area (Å²) in [6.07, 6.45) is 3.06. The van der Waals surface area contributed by atoms with E-state index < -0.39 is 0 Å². The molecule has 1 aliphatic carbocycles. The predicted molar refractivity (Wildman–Crippen MR) is 52.0 cm³/mol. The van der Waals surface area contributed by atoms with Gasteiger partial charge in [0.1, 0.15) is 5.75 Å². The van der Waals surface area contributed by atoms with E-state index in [1.54, 1.807) is 18.2 Å². The van der Waals surface area contributed by atoms with Crippen molar-refractivity contribution in [3.63, 3.8) is 0 Å². The smallest absolute Gasteiger partial charge is 0.235 e. The maximum atomic E-state index is 10.2. The van der Waals surface area contributed by atoms with Crippen LogP contribution in [0.3, 0.4) is 0 Å². The fourth-order valence-electron chi connectivity index (χ4n) is 2.02. The van der Waals surface area contributed by atoms with E-state index in [9.17, 15) is 9.90 Å². The van der Waals surface area contributed by atoms with E-state index in [1.165, 1.54) is 0 Å². The number of hydrogen-bond donors (Lipinski definition) is 1. The normalized spacial score (nSPS) is 24.1. The van der Waals surface area contributed by atoms with Crippen LogP contribution in [0.5, 0.6) is 5.75 Å². The van der Waals surface area contributed by atoms with Crippen molar-refractivity contribution in [3.8, 4) is 5.75 Å². The third-order valence-corrected chi connectivity index (χ3v) is 2.65.